The van der Waals surface area contributed by atoms with Crippen molar-refractivity contribution in [2.45, 2.75) is 25.4 Å². The van der Waals surface area contributed by atoms with Crippen LogP contribution >= 0.6 is 0 Å². The number of Topliss-reactive ketones (excluding diaryl/α,β-unsaturated/α-hetero) is 1. The first-order chi connectivity index (χ1) is 5.84. The second-order valence-electron chi connectivity index (χ2n) is 2.72. The van der Waals surface area contributed by atoms with Crippen molar-refractivity contribution in [2.75, 3.05) is 13.2 Å². The fourth-order valence-corrected chi connectivity index (χ4v) is 1.07. The van der Waals surface area contributed by atoms with Gasteiger partial charge >= 0.3 is 0 Å². The first kappa shape index (κ1) is 9.03. The van der Waals surface area contributed by atoms with Crippen molar-refractivity contribution >= 4 is 5.78 Å². The van der Waals surface area contributed by atoms with Gasteiger partial charge in [0.1, 0.15) is 12.7 Å². The molecule has 5 nitrogen and oxygen atoms in total. The molecule has 0 radical (unpaired) electrons. The second kappa shape index (κ2) is 4.74. The lowest BCUT2D eigenvalue weighted by Gasteiger charge is -2.24. The third-order valence-corrected chi connectivity index (χ3v) is 1.82. The van der Waals surface area contributed by atoms with Gasteiger partial charge in [0.15, 0.2) is 5.78 Å². The zero-order chi connectivity index (χ0) is 8.81. The number of rotatable bonds is 5. The summed E-state index contributed by atoms with van der Waals surface area (Å²) in [5, 5.41) is 3.39. The third kappa shape index (κ3) is 2.53. The quantitative estimate of drug-likeness (QED) is 0.270. The van der Waals surface area contributed by atoms with E-state index >= 15 is 0 Å². The first-order valence-electron chi connectivity index (χ1n) is 4.00. The summed E-state index contributed by atoms with van der Waals surface area (Å²) in [6, 6.07) is 0. The molecule has 0 aromatic carbocycles. The maximum atomic E-state index is 10.7. The molecule has 1 atom stereocenters. The van der Waals surface area contributed by atoms with Crippen molar-refractivity contribution in [1.82, 2.24) is 0 Å². The Morgan fingerprint density at radius 3 is 3.00 bits per heavy atom. The van der Waals surface area contributed by atoms with Gasteiger partial charge in [0, 0.05) is 11.5 Å². The van der Waals surface area contributed by atoms with Gasteiger partial charge in [0.25, 0.3) is 0 Å². The summed E-state index contributed by atoms with van der Waals surface area (Å²) in [6.07, 6.45) is 2.31. The number of carbonyl (C=O) groups excluding carboxylic acids is 1. The highest BCUT2D eigenvalue weighted by atomic mass is 16.5. The molecule has 1 fully saturated rings. The summed E-state index contributed by atoms with van der Waals surface area (Å²) < 4.78 is 5.00. The number of azide groups is 1. The lowest BCUT2D eigenvalue weighted by molar-refractivity contribution is -0.155. The van der Waals surface area contributed by atoms with Gasteiger partial charge in [0.05, 0.1) is 0 Å². The van der Waals surface area contributed by atoms with Gasteiger partial charge in [-0.15, -0.1) is 0 Å². The molecular formula is C7H11N3O2. The molecule has 0 spiro atoms. The Bertz CT molecular complexity index is 211. The molecule has 0 saturated carbocycles. The average molecular weight is 169 g/mol. The van der Waals surface area contributed by atoms with Crippen molar-refractivity contribution in [1.29, 1.82) is 0 Å². The van der Waals surface area contributed by atoms with Gasteiger partial charge in [-0.25, -0.2) is 0 Å². The van der Waals surface area contributed by atoms with E-state index < -0.39 is 0 Å². The molecule has 66 valence electrons. The zero-order valence-corrected chi connectivity index (χ0v) is 6.77. The van der Waals surface area contributed by atoms with E-state index in [9.17, 15) is 4.79 Å². The lowest BCUT2D eigenvalue weighted by Crippen LogP contribution is -2.39. The zero-order valence-electron chi connectivity index (χ0n) is 6.77. The summed E-state index contributed by atoms with van der Waals surface area (Å²) in [5.74, 6) is 0.193. The molecule has 1 unspecified atom stereocenters. The Morgan fingerprint density at radius 1 is 1.67 bits per heavy atom. The van der Waals surface area contributed by atoms with Gasteiger partial charge in [-0.2, -0.15) is 0 Å². The van der Waals surface area contributed by atoms with Crippen LogP contribution in [0.5, 0.6) is 0 Å². The molecule has 5 heteroatoms. The van der Waals surface area contributed by atoms with E-state index in [1.807, 2.05) is 0 Å². The molecular weight excluding hydrogens is 158 g/mol. The van der Waals surface area contributed by atoms with E-state index in [0.717, 1.165) is 19.3 Å². The van der Waals surface area contributed by atoms with Crippen molar-refractivity contribution in [3.8, 4) is 0 Å². The van der Waals surface area contributed by atoms with Crippen LogP contribution in [-0.2, 0) is 9.53 Å². The molecule has 1 rings (SSSR count). The molecule has 0 amide bonds. The highest BCUT2D eigenvalue weighted by molar-refractivity contribution is 5.88. The van der Waals surface area contributed by atoms with Crippen LogP contribution < -0.4 is 0 Å². The Balaban J connectivity index is 1.95. The molecule has 12 heavy (non-hydrogen) atoms. The average Bonchev–Trinajstić information content (AvgIpc) is 2.08. The Labute approximate surface area is 70.3 Å². The molecule has 1 saturated heterocycles. The summed E-state index contributed by atoms with van der Waals surface area (Å²) in [5.41, 5.74) is 7.95. The number of carbonyl (C=O) groups is 1. The fourth-order valence-electron chi connectivity index (χ4n) is 1.07. The molecule has 0 bridgehead atoms. The van der Waals surface area contributed by atoms with Crippen molar-refractivity contribution in [3.05, 3.63) is 10.4 Å². The first-order valence-corrected chi connectivity index (χ1v) is 4.00. The molecule has 1 aliphatic heterocycles. The van der Waals surface area contributed by atoms with E-state index in [0.29, 0.717) is 6.54 Å². The number of ketones is 1. The maximum absolute atomic E-state index is 10.7. The van der Waals surface area contributed by atoms with Gasteiger partial charge in [-0.05, 0) is 18.4 Å². The molecule has 0 aromatic heterocycles. The van der Waals surface area contributed by atoms with Crippen LogP contribution in [0.4, 0.5) is 0 Å². The van der Waals surface area contributed by atoms with Crippen LogP contribution in [-0.4, -0.2) is 25.0 Å². The third-order valence-electron chi connectivity index (χ3n) is 1.82. The van der Waals surface area contributed by atoms with Crippen LogP contribution in [0.25, 0.3) is 10.4 Å². The minimum absolute atomic E-state index is 0.170. The minimum atomic E-state index is -0.170. The van der Waals surface area contributed by atoms with Crippen LogP contribution in [0.15, 0.2) is 5.11 Å². The molecule has 0 N–H and O–H groups in total. The molecule has 0 aliphatic carbocycles. The van der Waals surface area contributed by atoms with Crippen molar-refractivity contribution in [3.63, 3.8) is 0 Å². The van der Waals surface area contributed by atoms with Crippen LogP contribution in [0.1, 0.15) is 19.3 Å². The maximum Gasteiger partial charge on any atom is 0.187 e. The van der Waals surface area contributed by atoms with Crippen molar-refractivity contribution in [2.24, 2.45) is 5.11 Å². The summed E-state index contributed by atoms with van der Waals surface area (Å²) in [4.78, 5) is 13.4. The largest absolute Gasteiger partial charge is 0.362 e. The van der Waals surface area contributed by atoms with E-state index in [1.165, 1.54) is 0 Å². The standard InChI is InChI=1S/C7H11N3O2/c8-10-9-4-2-1-3-7-6(11)5-12-7/h7H,1-5H2. The van der Waals surface area contributed by atoms with Crippen LogP contribution in [0, 0.1) is 0 Å². The molecule has 0 aromatic rings. The Morgan fingerprint density at radius 2 is 2.50 bits per heavy atom. The van der Waals surface area contributed by atoms with Gasteiger partial charge in [-0.1, -0.05) is 11.5 Å². The normalized spacial score (nSPS) is 21.3. The minimum Gasteiger partial charge on any atom is -0.362 e. The van der Waals surface area contributed by atoms with E-state index in [4.69, 9.17) is 10.3 Å². The molecule has 1 heterocycles. The van der Waals surface area contributed by atoms with Crippen LogP contribution in [0.3, 0.4) is 0 Å². The lowest BCUT2D eigenvalue weighted by atomic mass is 10.1. The van der Waals surface area contributed by atoms with Gasteiger partial charge in [-0.3, -0.25) is 4.79 Å². The summed E-state index contributed by atoms with van der Waals surface area (Å²) in [6.45, 7) is 0.790. The highest BCUT2D eigenvalue weighted by Gasteiger charge is 2.27. The van der Waals surface area contributed by atoms with Crippen molar-refractivity contribution < 1.29 is 9.53 Å². The number of nitrogens with zero attached hydrogens (tertiary/aromatic N) is 3. The SMILES string of the molecule is [N-]=[N+]=NCCCCC1OCC1=O. The topological polar surface area (TPSA) is 75.1 Å². The number of unbranched alkanes of at least 4 members (excludes halogenated alkanes) is 1. The Hall–Kier alpha value is -1.06. The number of hydrogen-bond acceptors (Lipinski definition) is 3. The number of hydrogen-bond donors (Lipinski definition) is 0. The number of ether oxygens (including phenoxy) is 1. The summed E-state index contributed by atoms with van der Waals surface area (Å²) >= 11 is 0. The smallest absolute Gasteiger partial charge is 0.187 e. The molecule has 1 aliphatic rings. The Kier molecular flexibility index (Phi) is 3.57. The van der Waals surface area contributed by atoms with E-state index in [2.05, 4.69) is 10.0 Å². The highest BCUT2D eigenvalue weighted by Crippen LogP contribution is 2.13. The van der Waals surface area contributed by atoms with E-state index in [-0.39, 0.29) is 18.5 Å². The van der Waals surface area contributed by atoms with Gasteiger partial charge < -0.3 is 4.74 Å². The monoisotopic (exact) mass is 169 g/mol. The summed E-state index contributed by atoms with van der Waals surface area (Å²) in [7, 11) is 0. The van der Waals surface area contributed by atoms with Gasteiger partial charge in [0.2, 0.25) is 0 Å². The predicted octanol–water partition coefficient (Wildman–Crippen LogP) is 1.43. The second-order valence-corrected chi connectivity index (χ2v) is 2.72. The van der Waals surface area contributed by atoms with E-state index in [1.54, 1.807) is 0 Å². The fraction of sp³-hybridized carbons (Fsp3) is 0.857. The van der Waals surface area contributed by atoms with Crippen LogP contribution in [0.2, 0.25) is 0 Å². The predicted molar refractivity (Wildman–Crippen MR) is 42.6 cm³/mol.